The maximum absolute atomic E-state index is 12.0. The van der Waals surface area contributed by atoms with E-state index in [2.05, 4.69) is 22.9 Å². The second kappa shape index (κ2) is 39.2. The fourth-order valence-electron chi connectivity index (χ4n) is 6.29. The van der Waals surface area contributed by atoms with Gasteiger partial charge in [0, 0.05) is 12.8 Å². The highest BCUT2D eigenvalue weighted by Gasteiger charge is 2.18. The molecule has 11 heteroatoms. The standard InChI is InChI=1S/C42H83O10P/c1-3-5-7-9-11-13-15-17-19-21-23-25-27-29-31-33-41(45)49-35-39(43)37-51-53(47,48)52-38-40(44)36-50-42(46)34-32-30-28-26-24-22-20-18-16-14-12-10-8-6-4-2/h39-40,43-44H,3-38H2,1-2H3,(H,47,48)/p-1/t39-,40+. The van der Waals surface area contributed by atoms with Crippen molar-refractivity contribution in [2.45, 2.75) is 232 Å². The molecule has 0 heterocycles. The van der Waals surface area contributed by atoms with Crippen LogP contribution in [0.25, 0.3) is 0 Å². The Morgan fingerprint density at radius 2 is 0.660 bits per heavy atom. The molecule has 0 aliphatic carbocycles. The van der Waals surface area contributed by atoms with Crippen LogP contribution in [-0.4, -0.2) is 60.8 Å². The van der Waals surface area contributed by atoms with Crippen LogP contribution in [0.5, 0.6) is 0 Å². The fourth-order valence-corrected chi connectivity index (χ4v) is 7.08. The number of rotatable bonds is 42. The van der Waals surface area contributed by atoms with E-state index in [1.807, 2.05) is 0 Å². The van der Waals surface area contributed by atoms with Crippen LogP contribution in [-0.2, 0) is 32.7 Å². The predicted molar refractivity (Wildman–Crippen MR) is 213 cm³/mol. The van der Waals surface area contributed by atoms with Gasteiger partial charge in [-0.2, -0.15) is 0 Å². The Morgan fingerprint density at radius 3 is 0.906 bits per heavy atom. The van der Waals surface area contributed by atoms with E-state index in [4.69, 9.17) is 9.47 Å². The largest absolute Gasteiger partial charge is 0.756 e. The summed E-state index contributed by atoms with van der Waals surface area (Å²) in [6, 6.07) is 0. The third-order valence-corrected chi connectivity index (χ3v) is 10.6. The van der Waals surface area contributed by atoms with Crippen molar-refractivity contribution in [2.75, 3.05) is 26.4 Å². The summed E-state index contributed by atoms with van der Waals surface area (Å²) in [5, 5.41) is 19.9. The van der Waals surface area contributed by atoms with Crippen LogP contribution in [0.3, 0.4) is 0 Å². The van der Waals surface area contributed by atoms with Crippen LogP contribution in [0.1, 0.15) is 219 Å². The Balaban J connectivity index is 3.65. The average Bonchev–Trinajstić information content (AvgIpc) is 3.14. The highest BCUT2D eigenvalue weighted by atomic mass is 31.2. The summed E-state index contributed by atoms with van der Waals surface area (Å²) in [6.07, 6.45) is 34.9. The summed E-state index contributed by atoms with van der Waals surface area (Å²) in [6.45, 7) is 2.40. The number of carbonyl (C=O) groups is 2. The Bertz CT molecular complexity index is 794. The SMILES string of the molecule is CCCCCCCCCCCCCCCCCC(=O)OC[C@@H](O)COP(=O)([O-])OC[C@@H](O)COC(=O)CCCCCCCCCCCCCCCCC. The molecule has 3 atom stereocenters. The lowest BCUT2D eigenvalue weighted by Crippen LogP contribution is -2.27. The first-order valence-corrected chi connectivity index (χ1v) is 23.4. The lowest BCUT2D eigenvalue weighted by Gasteiger charge is -2.25. The molecule has 0 aliphatic rings. The van der Waals surface area contributed by atoms with Crippen LogP contribution in [0.15, 0.2) is 0 Å². The molecule has 1 unspecified atom stereocenters. The van der Waals surface area contributed by atoms with Gasteiger partial charge in [-0.1, -0.05) is 194 Å². The van der Waals surface area contributed by atoms with Crippen molar-refractivity contribution in [3.05, 3.63) is 0 Å². The molecule has 53 heavy (non-hydrogen) atoms. The van der Waals surface area contributed by atoms with Gasteiger partial charge in [-0.05, 0) is 12.8 Å². The second-order valence-corrected chi connectivity index (χ2v) is 16.5. The van der Waals surface area contributed by atoms with Gasteiger partial charge in [-0.15, -0.1) is 0 Å². The van der Waals surface area contributed by atoms with E-state index < -0.39 is 58.4 Å². The van der Waals surface area contributed by atoms with Crippen molar-refractivity contribution in [2.24, 2.45) is 0 Å². The molecule has 0 radical (unpaired) electrons. The van der Waals surface area contributed by atoms with E-state index in [0.29, 0.717) is 12.8 Å². The minimum Gasteiger partial charge on any atom is -0.756 e. The summed E-state index contributed by atoms with van der Waals surface area (Å²) < 4.78 is 31.4. The molecule has 0 aromatic heterocycles. The molecule has 0 saturated carbocycles. The third kappa shape index (κ3) is 40.5. The molecule has 0 fully saturated rings. The van der Waals surface area contributed by atoms with Gasteiger partial charge in [0.1, 0.15) is 25.4 Å². The molecular weight excluding hydrogens is 695 g/mol. The number of phosphoric acid groups is 1. The summed E-state index contributed by atoms with van der Waals surface area (Å²) in [5.74, 6) is -0.893. The fraction of sp³-hybridized carbons (Fsp3) is 0.952. The molecule has 0 spiro atoms. The zero-order valence-electron chi connectivity index (χ0n) is 34.2. The second-order valence-electron chi connectivity index (χ2n) is 15.1. The number of aliphatic hydroxyl groups is 2. The van der Waals surface area contributed by atoms with E-state index in [1.54, 1.807) is 0 Å². The number of unbranched alkanes of at least 4 members (excludes halogenated alkanes) is 28. The molecule has 316 valence electrons. The maximum atomic E-state index is 12.0. The quantitative estimate of drug-likeness (QED) is 0.0348. The lowest BCUT2D eigenvalue weighted by atomic mass is 10.0. The lowest BCUT2D eigenvalue weighted by molar-refractivity contribution is -0.229. The van der Waals surface area contributed by atoms with Crippen LogP contribution < -0.4 is 4.89 Å². The van der Waals surface area contributed by atoms with Crippen molar-refractivity contribution in [3.63, 3.8) is 0 Å². The van der Waals surface area contributed by atoms with Crippen LogP contribution in [0.4, 0.5) is 0 Å². The van der Waals surface area contributed by atoms with Crippen LogP contribution >= 0.6 is 7.82 Å². The number of esters is 2. The van der Waals surface area contributed by atoms with E-state index >= 15 is 0 Å². The number of phosphoric ester groups is 1. The molecule has 0 saturated heterocycles. The van der Waals surface area contributed by atoms with Gasteiger partial charge in [0.05, 0.1) is 13.2 Å². The minimum atomic E-state index is -4.84. The Kier molecular flexibility index (Phi) is 38.5. The van der Waals surface area contributed by atoms with Gasteiger partial charge < -0.3 is 33.6 Å². The first-order valence-electron chi connectivity index (χ1n) is 22.0. The molecule has 0 aromatic rings. The number of carbonyl (C=O) groups excluding carboxylic acids is 2. The van der Waals surface area contributed by atoms with Gasteiger partial charge in [-0.25, -0.2) is 0 Å². The minimum absolute atomic E-state index is 0.247. The molecule has 10 nitrogen and oxygen atoms in total. The number of ether oxygens (including phenoxy) is 2. The van der Waals surface area contributed by atoms with E-state index in [9.17, 15) is 29.3 Å². The first-order chi connectivity index (χ1) is 25.7. The molecule has 0 amide bonds. The molecule has 0 bridgehead atoms. The topological polar surface area (TPSA) is 152 Å². The summed E-state index contributed by atoms with van der Waals surface area (Å²) in [5.41, 5.74) is 0. The van der Waals surface area contributed by atoms with Crippen LogP contribution in [0, 0.1) is 0 Å². The smallest absolute Gasteiger partial charge is 0.305 e. The number of aliphatic hydroxyl groups excluding tert-OH is 2. The number of hydrogen-bond acceptors (Lipinski definition) is 10. The van der Waals surface area contributed by atoms with Crippen molar-refractivity contribution in [1.29, 1.82) is 0 Å². The highest BCUT2D eigenvalue weighted by Crippen LogP contribution is 2.38. The van der Waals surface area contributed by atoms with E-state index in [1.165, 1.54) is 154 Å². The summed E-state index contributed by atoms with van der Waals surface area (Å²) >= 11 is 0. The van der Waals surface area contributed by atoms with Crippen LogP contribution in [0.2, 0.25) is 0 Å². The molecular formula is C42H82O10P-. The first kappa shape index (κ1) is 52.0. The van der Waals surface area contributed by atoms with Crippen molar-refractivity contribution >= 4 is 19.8 Å². The Morgan fingerprint density at radius 1 is 0.434 bits per heavy atom. The van der Waals surface area contributed by atoms with Gasteiger partial charge in [0.15, 0.2) is 0 Å². The predicted octanol–water partition coefficient (Wildman–Crippen LogP) is 10.8. The third-order valence-electron chi connectivity index (χ3n) is 9.69. The van der Waals surface area contributed by atoms with Crippen molar-refractivity contribution in [1.82, 2.24) is 0 Å². The maximum Gasteiger partial charge on any atom is 0.305 e. The average molecular weight is 778 g/mol. The Labute approximate surface area is 324 Å². The Hall–Kier alpha value is -1.03. The van der Waals surface area contributed by atoms with Gasteiger partial charge in [0.25, 0.3) is 7.82 Å². The zero-order valence-corrected chi connectivity index (χ0v) is 35.1. The van der Waals surface area contributed by atoms with E-state index in [-0.39, 0.29) is 12.8 Å². The van der Waals surface area contributed by atoms with Crippen molar-refractivity contribution < 1.29 is 47.8 Å². The van der Waals surface area contributed by atoms with Gasteiger partial charge in [0.2, 0.25) is 0 Å². The van der Waals surface area contributed by atoms with Crippen molar-refractivity contribution in [3.8, 4) is 0 Å². The zero-order chi connectivity index (χ0) is 39.1. The normalized spacial score (nSPS) is 13.8. The molecule has 0 rings (SSSR count). The van der Waals surface area contributed by atoms with Gasteiger partial charge >= 0.3 is 11.9 Å². The highest BCUT2D eigenvalue weighted by molar-refractivity contribution is 7.45. The molecule has 0 aliphatic heterocycles. The van der Waals surface area contributed by atoms with Gasteiger partial charge in [-0.3, -0.25) is 14.2 Å². The summed E-state index contributed by atoms with van der Waals surface area (Å²) in [4.78, 5) is 35.9. The summed E-state index contributed by atoms with van der Waals surface area (Å²) in [7, 11) is -4.84. The molecule has 2 N–H and O–H groups in total. The monoisotopic (exact) mass is 778 g/mol. The van der Waals surface area contributed by atoms with E-state index in [0.717, 1.165) is 25.7 Å². The molecule has 0 aromatic carbocycles. The number of hydrogen-bond donors (Lipinski definition) is 2.